The molecule has 0 spiro atoms. The first kappa shape index (κ1) is 42.8. The SMILES string of the molecule is CCCCCCCCCCOc1cccc(C2=C(c3cccc(OCCCCCCCCCC)c3)NC3=C(c4ccc(Br)s4)CCC(c4ccc(Br)s4)=C3N2)c1. The number of nitrogens with one attached hydrogen (secondary N) is 2. The van der Waals surface area contributed by atoms with Crippen LogP contribution in [0.3, 0.4) is 0 Å². The van der Waals surface area contributed by atoms with Gasteiger partial charge in [0, 0.05) is 20.9 Å². The zero-order valence-electron chi connectivity index (χ0n) is 33.5. The first-order valence-electron chi connectivity index (χ1n) is 21.3. The second kappa shape index (κ2) is 23.0. The smallest absolute Gasteiger partial charge is 0.119 e. The third-order valence-electron chi connectivity index (χ3n) is 10.7. The zero-order chi connectivity index (χ0) is 39.0. The molecule has 1 aliphatic heterocycles. The quantitative estimate of drug-likeness (QED) is 0.0687. The van der Waals surface area contributed by atoms with Crippen molar-refractivity contribution in [2.24, 2.45) is 0 Å². The van der Waals surface area contributed by atoms with Crippen LogP contribution in [0.1, 0.15) is 150 Å². The normalized spacial score (nSPS) is 14.2. The molecule has 4 nitrogen and oxygen atoms in total. The van der Waals surface area contributed by atoms with Gasteiger partial charge in [-0.3, -0.25) is 0 Å². The number of benzene rings is 2. The molecule has 300 valence electrons. The molecule has 0 atom stereocenters. The van der Waals surface area contributed by atoms with Gasteiger partial charge in [-0.05, 0) is 117 Å². The first-order valence-corrected chi connectivity index (χ1v) is 24.5. The van der Waals surface area contributed by atoms with E-state index in [9.17, 15) is 0 Å². The van der Waals surface area contributed by atoms with E-state index in [1.165, 1.54) is 111 Å². The average molecular weight is 921 g/mol. The summed E-state index contributed by atoms with van der Waals surface area (Å²) in [5, 5.41) is 8.09. The molecule has 2 aliphatic rings. The highest BCUT2D eigenvalue weighted by Crippen LogP contribution is 2.46. The van der Waals surface area contributed by atoms with Crippen LogP contribution in [-0.2, 0) is 0 Å². The van der Waals surface area contributed by atoms with Gasteiger partial charge in [0.15, 0.2) is 0 Å². The highest BCUT2D eigenvalue weighted by Gasteiger charge is 2.32. The monoisotopic (exact) mass is 918 g/mol. The Morgan fingerprint density at radius 1 is 0.482 bits per heavy atom. The predicted octanol–water partition coefficient (Wildman–Crippen LogP) is 16.0. The van der Waals surface area contributed by atoms with Gasteiger partial charge >= 0.3 is 0 Å². The lowest BCUT2D eigenvalue weighted by Gasteiger charge is -2.35. The molecule has 4 aromatic rings. The van der Waals surface area contributed by atoms with Crippen molar-refractivity contribution in [1.29, 1.82) is 0 Å². The molecule has 0 unspecified atom stereocenters. The van der Waals surface area contributed by atoms with Crippen molar-refractivity contribution in [3.8, 4) is 11.5 Å². The molecule has 0 radical (unpaired) electrons. The van der Waals surface area contributed by atoms with Crippen LogP contribution >= 0.6 is 54.5 Å². The maximum absolute atomic E-state index is 6.40. The molecule has 3 heterocycles. The van der Waals surface area contributed by atoms with Gasteiger partial charge in [0.1, 0.15) is 11.5 Å². The molecule has 0 saturated carbocycles. The third-order valence-corrected chi connectivity index (χ3v) is 14.1. The third kappa shape index (κ3) is 12.4. The van der Waals surface area contributed by atoms with Crippen LogP contribution in [0.15, 0.2) is 91.8 Å². The average Bonchev–Trinajstić information content (AvgIpc) is 3.86. The molecule has 6 rings (SSSR count). The van der Waals surface area contributed by atoms with Crippen molar-refractivity contribution in [2.45, 2.75) is 129 Å². The summed E-state index contributed by atoms with van der Waals surface area (Å²) in [5.74, 6) is 1.82. The molecule has 0 amide bonds. The predicted molar refractivity (Wildman–Crippen MR) is 249 cm³/mol. The van der Waals surface area contributed by atoms with Crippen LogP contribution < -0.4 is 20.1 Å². The molecule has 0 bridgehead atoms. The van der Waals surface area contributed by atoms with E-state index in [0.717, 1.165) is 91.9 Å². The van der Waals surface area contributed by atoms with Crippen molar-refractivity contribution >= 4 is 77.1 Å². The Hall–Kier alpha value is -2.78. The van der Waals surface area contributed by atoms with Gasteiger partial charge in [-0.15, -0.1) is 22.7 Å². The molecule has 1 aliphatic carbocycles. The molecular formula is C48H60Br2N2O2S2. The summed E-state index contributed by atoms with van der Waals surface area (Å²) in [6.45, 7) is 6.04. The Balaban J connectivity index is 1.28. The molecule has 2 aromatic carbocycles. The molecule has 2 N–H and O–H groups in total. The number of hydrogen-bond donors (Lipinski definition) is 2. The van der Waals surface area contributed by atoms with Gasteiger partial charge in [0.25, 0.3) is 0 Å². The van der Waals surface area contributed by atoms with E-state index >= 15 is 0 Å². The van der Waals surface area contributed by atoms with Crippen LogP contribution in [-0.4, -0.2) is 13.2 Å². The Morgan fingerprint density at radius 3 is 1.25 bits per heavy atom. The number of thiophene rings is 2. The number of ether oxygens (including phenoxy) is 2. The van der Waals surface area contributed by atoms with Gasteiger partial charge in [0.05, 0.1) is 43.6 Å². The molecule has 0 saturated heterocycles. The van der Waals surface area contributed by atoms with E-state index in [1.54, 1.807) is 22.7 Å². The Kier molecular flexibility index (Phi) is 17.6. The van der Waals surface area contributed by atoms with E-state index in [4.69, 9.17) is 9.47 Å². The fourth-order valence-corrected chi connectivity index (χ4v) is 10.6. The second-order valence-electron chi connectivity index (χ2n) is 15.1. The molecular weight excluding hydrogens is 860 g/mol. The lowest BCUT2D eigenvalue weighted by Crippen LogP contribution is -2.33. The summed E-state index contributed by atoms with van der Waals surface area (Å²) in [5.41, 5.74) is 9.25. The van der Waals surface area contributed by atoms with Gasteiger partial charge in [0.2, 0.25) is 0 Å². The van der Waals surface area contributed by atoms with Crippen molar-refractivity contribution in [3.05, 3.63) is 113 Å². The number of halogens is 2. The molecule has 2 aromatic heterocycles. The summed E-state index contributed by atoms with van der Waals surface area (Å²) in [6.07, 6.45) is 22.5. The Morgan fingerprint density at radius 2 is 0.875 bits per heavy atom. The van der Waals surface area contributed by atoms with Crippen molar-refractivity contribution in [2.75, 3.05) is 13.2 Å². The highest BCUT2D eigenvalue weighted by atomic mass is 79.9. The van der Waals surface area contributed by atoms with Crippen molar-refractivity contribution in [3.63, 3.8) is 0 Å². The number of unbranched alkanes of at least 4 members (excludes halogenated alkanes) is 14. The molecule has 0 fully saturated rings. The Labute approximate surface area is 361 Å². The van der Waals surface area contributed by atoms with E-state index in [0.29, 0.717) is 0 Å². The summed E-state index contributed by atoms with van der Waals surface area (Å²) in [7, 11) is 0. The lowest BCUT2D eigenvalue weighted by atomic mass is 9.88. The van der Waals surface area contributed by atoms with Crippen LogP contribution in [0.5, 0.6) is 11.5 Å². The fourth-order valence-electron chi connectivity index (χ4n) is 7.67. The summed E-state index contributed by atoms with van der Waals surface area (Å²) in [6, 6.07) is 26.1. The van der Waals surface area contributed by atoms with Gasteiger partial charge in [-0.1, -0.05) is 128 Å². The summed E-state index contributed by atoms with van der Waals surface area (Å²) >= 11 is 11.1. The van der Waals surface area contributed by atoms with E-state index in [2.05, 4.69) is 129 Å². The topological polar surface area (TPSA) is 42.5 Å². The maximum atomic E-state index is 6.40. The molecule has 8 heteroatoms. The number of fused-ring (bicyclic) bond motifs is 1. The van der Waals surface area contributed by atoms with Crippen LogP contribution in [0.25, 0.3) is 22.5 Å². The van der Waals surface area contributed by atoms with Crippen LogP contribution in [0.2, 0.25) is 0 Å². The largest absolute Gasteiger partial charge is 0.494 e. The first-order chi connectivity index (χ1) is 27.5. The number of rotatable bonds is 24. The minimum Gasteiger partial charge on any atom is -0.494 e. The standard InChI is InChI=1S/C48H60Br2N2O2S2/c1-3-5-7-9-11-13-15-17-31-53-37-23-19-21-35(33-37)45-46(36-22-20-24-38(34-36)54-32-18-16-14-12-10-8-6-4-2)52-48-40(42-28-30-44(50)56-42)26-25-39(47(48)51-45)41-27-29-43(49)55-41/h19-24,27-30,33-34,51-52H,3-18,25-26,31-32H2,1-2H3. The van der Waals surface area contributed by atoms with Crippen LogP contribution in [0.4, 0.5) is 0 Å². The highest BCUT2D eigenvalue weighted by molar-refractivity contribution is 9.11. The lowest BCUT2D eigenvalue weighted by molar-refractivity contribution is 0.304. The fraction of sp³-hybridized carbons (Fsp3) is 0.458. The van der Waals surface area contributed by atoms with Gasteiger partial charge in [-0.25, -0.2) is 0 Å². The minimum absolute atomic E-state index is 0.739. The summed E-state index contributed by atoms with van der Waals surface area (Å²) < 4.78 is 15.1. The maximum Gasteiger partial charge on any atom is 0.119 e. The summed E-state index contributed by atoms with van der Waals surface area (Å²) in [4.78, 5) is 2.57. The Bertz CT molecular complexity index is 1800. The van der Waals surface area contributed by atoms with Gasteiger partial charge in [-0.2, -0.15) is 0 Å². The van der Waals surface area contributed by atoms with E-state index < -0.39 is 0 Å². The van der Waals surface area contributed by atoms with Crippen molar-refractivity contribution in [1.82, 2.24) is 10.6 Å². The van der Waals surface area contributed by atoms with Crippen molar-refractivity contribution < 1.29 is 9.47 Å². The van der Waals surface area contributed by atoms with Crippen LogP contribution in [0, 0.1) is 0 Å². The van der Waals surface area contributed by atoms with Gasteiger partial charge < -0.3 is 20.1 Å². The number of allylic oxidation sites excluding steroid dienone is 2. The van der Waals surface area contributed by atoms with E-state index in [1.807, 2.05) is 0 Å². The number of hydrogen-bond acceptors (Lipinski definition) is 6. The minimum atomic E-state index is 0.739. The second-order valence-corrected chi connectivity index (χ2v) is 20.0. The van der Waals surface area contributed by atoms with E-state index in [-0.39, 0.29) is 0 Å². The molecule has 56 heavy (non-hydrogen) atoms. The zero-order valence-corrected chi connectivity index (χ0v) is 38.3.